The number of amides is 1. The Hall–Kier alpha value is -3.33. The zero-order valence-corrected chi connectivity index (χ0v) is 32.1. The summed E-state index contributed by atoms with van der Waals surface area (Å²) < 4.78 is 52.6. The van der Waals surface area contributed by atoms with Gasteiger partial charge in [0.2, 0.25) is 12.7 Å². The standard InChI is InChI=1S/C37H45NO15S2/c1-17(40)38-6-8-55-54-7-4-5-28(41)52-33-20(13-39)9-19(10-26(33)45-3)29-21-11-24-25(49-16-48-24)12-22(21)34(23-14-47-36(44)30(23)29)53-37-32(43)31(42)35-27(51-37)15-46-18(2)50-35/h9-12,18,23,27,29-32,34-35,37,39,42-43H,4-8,13-16H2,1-3H3,(H,38,40)/t18?,23-,27?,29+,30-,31?,32?,34+,35?,37?/m0/s1. The smallest absolute Gasteiger partial charge is 0.311 e. The van der Waals surface area contributed by atoms with Gasteiger partial charge in [-0.25, -0.2) is 0 Å². The molecule has 0 radical (unpaired) electrons. The maximum Gasteiger partial charge on any atom is 0.311 e. The van der Waals surface area contributed by atoms with E-state index in [0.717, 1.165) is 5.75 Å². The van der Waals surface area contributed by atoms with Crippen molar-refractivity contribution in [3.63, 3.8) is 0 Å². The monoisotopic (exact) mass is 807 g/mol. The summed E-state index contributed by atoms with van der Waals surface area (Å²) in [6.45, 7) is 3.33. The average molecular weight is 808 g/mol. The van der Waals surface area contributed by atoms with Gasteiger partial charge in [0.1, 0.15) is 24.4 Å². The minimum Gasteiger partial charge on any atom is -0.493 e. The van der Waals surface area contributed by atoms with Crippen molar-refractivity contribution < 1.29 is 72.3 Å². The Morgan fingerprint density at radius 1 is 0.982 bits per heavy atom. The topological polar surface area (TPSA) is 207 Å². The van der Waals surface area contributed by atoms with Crippen LogP contribution in [0, 0.1) is 11.8 Å². The number of nitrogens with one attached hydrogen (secondary N) is 1. The van der Waals surface area contributed by atoms with Gasteiger partial charge in [-0.3, -0.25) is 14.4 Å². The van der Waals surface area contributed by atoms with Crippen LogP contribution >= 0.6 is 21.6 Å². The molecular formula is C37H45NO15S2. The lowest BCUT2D eigenvalue weighted by Crippen LogP contribution is -2.63. The predicted molar refractivity (Wildman–Crippen MR) is 195 cm³/mol. The van der Waals surface area contributed by atoms with E-state index in [2.05, 4.69) is 5.32 Å². The fourth-order valence-electron chi connectivity index (χ4n) is 7.72. The number of hydrogen-bond acceptors (Lipinski definition) is 17. The van der Waals surface area contributed by atoms with Gasteiger partial charge in [-0.15, -0.1) is 0 Å². The van der Waals surface area contributed by atoms with Crippen LogP contribution in [0.15, 0.2) is 24.3 Å². The number of cyclic esters (lactones) is 1. The van der Waals surface area contributed by atoms with Crippen LogP contribution in [-0.2, 0) is 44.7 Å². The van der Waals surface area contributed by atoms with Crippen LogP contribution in [0.2, 0.25) is 0 Å². The highest BCUT2D eigenvalue weighted by molar-refractivity contribution is 8.76. The summed E-state index contributed by atoms with van der Waals surface area (Å²) in [6, 6.07) is 6.92. The molecule has 10 atom stereocenters. The maximum absolute atomic E-state index is 13.7. The van der Waals surface area contributed by atoms with Gasteiger partial charge in [0.25, 0.3) is 0 Å². The number of aliphatic hydroxyl groups excluding tert-OH is 3. The van der Waals surface area contributed by atoms with E-state index in [4.69, 9.17) is 42.6 Å². The quantitative estimate of drug-likeness (QED) is 0.0935. The molecular weight excluding hydrogens is 763 g/mol. The number of aliphatic hydroxyl groups is 3. The van der Waals surface area contributed by atoms with Gasteiger partial charge in [0.05, 0.1) is 39.0 Å². The molecule has 16 nitrogen and oxygen atoms in total. The number of esters is 2. The van der Waals surface area contributed by atoms with Crippen LogP contribution in [-0.4, -0.2) is 115 Å². The highest BCUT2D eigenvalue weighted by Gasteiger charge is 2.56. The summed E-state index contributed by atoms with van der Waals surface area (Å²) in [6.07, 6.45) is -6.43. The molecule has 5 aliphatic rings. The summed E-state index contributed by atoms with van der Waals surface area (Å²) in [5.41, 5.74) is 2.12. The fourth-order valence-corrected chi connectivity index (χ4v) is 9.71. The molecule has 55 heavy (non-hydrogen) atoms. The third-order valence-corrected chi connectivity index (χ3v) is 12.7. The Morgan fingerprint density at radius 2 is 1.75 bits per heavy atom. The number of benzene rings is 2. The van der Waals surface area contributed by atoms with E-state index < -0.39 is 79.4 Å². The largest absolute Gasteiger partial charge is 0.493 e. The molecule has 7 rings (SSSR count). The maximum atomic E-state index is 13.7. The highest BCUT2D eigenvalue weighted by atomic mass is 33.1. The Kier molecular flexibility index (Phi) is 12.6. The summed E-state index contributed by atoms with van der Waals surface area (Å²) >= 11 is 0. The third-order valence-electron chi connectivity index (χ3n) is 10.3. The van der Waals surface area contributed by atoms with E-state index in [9.17, 15) is 29.7 Å². The molecule has 300 valence electrons. The van der Waals surface area contributed by atoms with E-state index in [-0.39, 0.29) is 49.4 Å². The van der Waals surface area contributed by atoms with E-state index in [1.807, 2.05) is 0 Å². The highest BCUT2D eigenvalue weighted by Crippen LogP contribution is 2.56. The first-order valence-electron chi connectivity index (χ1n) is 18.1. The molecule has 18 heteroatoms. The Labute approximate surface area is 325 Å². The number of hydrogen-bond donors (Lipinski definition) is 4. The summed E-state index contributed by atoms with van der Waals surface area (Å²) in [4.78, 5) is 37.7. The molecule has 3 fully saturated rings. The summed E-state index contributed by atoms with van der Waals surface area (Å²) in [5.74, 6) is -0.491. The Bertz CT molecular complexity index is 1720. The van der Waals surface area contributed by atoms with Crippen molar-refractivity contribution in [2.45, 2.75) is 82.3 Å². The van der Waals surface area contributed by atoms with Crippen molar-refractivity contribution in [2.24, 2.45) is 11.8 Å². The Morgan fingerprint density at radius 3 is 2.49 bits per heavy atom. The zero-order valence-electron chi connectivity index (χ0n) is 30.5. The number of rotatable bonds is 14. The van der Waals surface area contributed by atoms with Gasteiger partial charge in [0, 0.05) is 48.8 Å². The van der Waals surface area contributed by atoms with E-state index in [1.165, 1.54) is 14.0 Å². The third kappa shape index (κ3) is 8.38. The molecule has 1 aliphatic carbocycles. The number of carbonyl (C=O) groups is 3. The van der Waals surface area contributed by atoms with Crippen molar-refractivity contribution in [3.8, 4) is 23.0 Å². The van der Waals surface area contributed by atoms with Crippen LogP contribution in [0.25, 0.3) is 0 Å². The molecule has 0 aromatic heterocycles. The molecule has 0 bridgehead atoms. The van der Waals surface area contributed by atoms with Crippen LogP contribution in [0.4, 0.5) is 0 Å². The number of methoxy groups -OCH3 is 1. The van der Waals surface area contributed by atoms with Crippen LogP contribution < -0.4 is 24.3 Å². The lowest BCUT2D eigenvalue weighted by Gasteiger charge is -2.47. The minimum atomic E-state index is -1.48. The van der Waals surface area contributed by atoms with Gasteiger partial charge in [0.15, 0.2) is 35.6 Å². The van der Waals surface area contributed by atoms with E-state index in [0.29, 0.717) is 46.9 Å². The molecule has 3 saturated heterocycles. The van der Waals surface area contributed by atoms with Gasteiger partial charge in [-0.1, -0.05) is 21.6 Å². The normalized spacial score (nSPS) is 30.5. The van der Waals surface area contributed by atoms with Gasteiger partial charge < -0.3 is 63.3 Å². The molecule has 4 N–H and O–H groups in total. The molecule has 6 unspecified atom stereocenters. The van der Waals surface area contributed by atoms with Crippen molar-refractivity contribution >= 4 is 39.4 Å². The van der Waals surface area contributed by atoms with Crippen molar-refractivity contribution in [2.75, 3.05) is 45.2 Å². The Balaban J connectivity index is 1.15. The second kappa shape index (κ2) is 17.4. The van der Waals surface area contributed by atoms with Gasteiger partial charge >= 0.3 is 11.9 Å². The van der Waals surface area contributed by atoms with Crippen LogP contribution in [0.5, 0.6) is 23.0 Å². The predicted octanol–water partition coefficient (Wildman–Crippen LogP) is 2.32. The van der Waals surface area contributed by atoms with Crippen molar-refractivity contribution in [1.82, 2.24) is 5.32 Å². The zero-order chi connectivity index (χ0) is 38.8. The number of ether oxygens (including phenoxy) is 9. The molecule has 0 saturated carbocycles. The van der Waals surface area contributed by atoms with Gasteiger partial charge in [-0.2, -0.15) is 0 Å². The first-order chi connectivity index (χ1) is 26.6. The van der Waals surface area contributed by atoms with Crippen LogP contribution in [0.3, 0.4) is 0 Å². The first-order valence-corrected chi connectivity index (χ1v) is 20.6. The molecule has 4 heterocycles. The lowest BCUT2D eigenvalue weighted by molar-refractivity contribution is -0.364. The lowest BCUT2D eigenvalue weighted by atomic mass is 9.66. The van der Waals surface area contributed by atoms with Crippen molar-refractivity contribution in [3.05, 3.63) is 46.5 Å². The van der Waals surface area contributed by atoms with E-state index in [1.54, 1.807) is 52.8 Å². The minimum absolute atomic E-state index is 0.00844. The average Bonchev–Trinajstić information content (AvgIpc) is 3.80. The first kappa shape index (κ1) is 39.9. The van der Waals surface area contributed by atoms with Gasteiger partial charge in [-0.05, 0) is 54.3 Å². The molecule has 2 aromatic carbocycles. The SMILES string of the molecule is COc1cc([C@@H]2c3cc4c(cc3[C@@H](OC3OC5COC(C)OC5C(O)C3O)[C@H]3COC(=O)[C@H]23)OCO4)cc(CO)c1OC(=O)CCCSSCCNC(C)=O. The summed E-state index contributed by atoms with van der Waals surface area (Å²) in [7, 11) is 4.63. The summed E-state index contributed by atoms with van der Waals surface area (Å²) in [5, 5.41) is 35.5. The van der Waals surface area contributed by atoms with Crippen LogP contribution in [0.1, 0.15) is 61.0 Å². The number of fused-ring (bicyclic) bond motifs is 4. The molecule has 0 spiro atoms. The second-order valence-electron chi connectivity index (χ2n) is 13.8. The van der Waals surface area contributed by atoms with Crippen molar-refractivity contribution in [1.29, 1.82) is 0 Å². The second-order valence-corrected chi connectivity index (χ2v) is 16.5. The molecule has 4 aliphatic heterocycles. The van der Waals surface area contributed by atoms with E-state index >= 15 is 0 Å². The fraction of sp³-hybridized carbons (Fsp3) is 0.595. The molecule has 2 aromatic rings. The number of carbonyl (C=O) groups excluding carboxylic acids is 3. The molecule has 1 amide bonds.